The van der Waals surface area contributed by atoms with Crippen LogP contribution in [0.25, 0.3) is 21.9 Å². The standard InChI is InChI=1S/C21H23NO6/c1-5-10(2)19(20(24)25)22-18(23)7-15-12(4)14-6-13-11(3)9-27-16(13)8-17(14)28-21(15)26/h6,8-10,19H,5,7H2,1-4H3,(H,22,23)(H,24,25)/t10-,19+/m1/s1. The molecule has 0 unspecified atom stereocenters. The van der Waals surface area contributed by atoms with E-state index in [0.29, 0.717) is 23.2 Å². The van der Waals surface area contributed by atoms with Gasteiger partial charge in [0.25, 0.3) is 0 Å². The molecule has 7 nitrogen and oxygen atoms in total. The number of fused-ring (bicyclic) bond motifs is 2. The van der Waals surface area contributed by atoms with Crippen molar-refractivity contribution in [2.24, 2.45) is 5.92 Å². The van der Waals surface area contributed by atoms with Crippen molar-refractivity contribution in [3.8, 4) is 0 Å². The second kappa shape index (κ2) is 7.50. The summed E-state index contributed by atoms with van der Waals surface area (Å²) in [6.45, 7) is 7.29. The third-order valence-electron chi connectivity index (χ3n) is 5.31. The first-order valence-corrected chi connectivity index (χ1v) is 9.19. The molecule has 0 saturated heterocycles. The van der Waals surface area contributed by atoms with Gasteiger partial charge in [-0.1, -0.05) is 20.3 Å². The number of carbonyl (C=O) groups is 2. The Kier molecular flexibility index (Phi) is 5.27. The molecule has 0 aliphatic carbocycles. The second-order valence-corrected chi connectivity index (χ2v) is 7.20. The summed E-state index contributed by atoms with van der Waals surface area (Å²) in [5.41, 5.74) is 2.21. The fourth-order valence-corrected chi connectivity index (χ4v) is 3.31. The van der Waals surface area contributed by atoms with Crippen LogP contribution in [0.1, 0.15) is 37.0 Å². The Hall–Kier alpha value is -3.09. The zero-order valence-corrected chi connectivity index (χ0v) is 16.3. The van der Waals surface area contributed by atoms with E-state index < -0.39 is 23.5 Å². The van der Waals surface area contributed by atoms with Gasteiger partial charge in [-0.3, -0.25) is 4.79 Å². The zero-order chi connectivity index (χ0) is 20.6. The van der Waals surface area contributed by atoms with Crippen LogP contribution in [-0.2, 0) is 16.0 Å². The van der Waals surface area contributed by atoms with Crippen LogP contribution in [-0.4, -0.2) is 23.0 Å². The maximum Gasteiger partial charge on any atom is 0.340 e. The van der Waals surface area contributed by atoms with E-state index in [1.165, 1.54) is 0 Å². The molecule has 0 aliphatic rings. The summed E-state index contributed by atoms with van der Waals surface area (Å²) < 4.78 is 10.8. The van der Waals surface area contributed by atoms with Gasteiger partial charge in [0, 0.05) is 16.8 Å². The Bertz CT molecular complexity index is 1120. The van der Waals surface area contributed by atoms with Crippen LogP contribution in [0.5, 0.6) is 0 Å². The lowest BCUT2D eigenvalue weighted by atomic mass is 9.98. The fraction of sp³-hybridized carbons (Fsp3) is 0.381. The molecule has 3 aromatic rings. The molecule has 7 heteroatoms. The molecule has 0 aliphatic heterocycles. The van der Waals surface area contributed by atoms with E-state index >= 15 is 0 Å². The number of amides is 1. The van der Waals surface area contributed by atoms with Crippen molar-refractivity contribution < 1.29 is 23.5 Å². The first-order valence-electron chi connectivity index (χ1n) is 9.19. The van der Waals surface area contributed by atoms with Gasteiger partial charge < -0.3 is 19.3 Å². The van der Waals surface area contributed by atoms with Gasteiger partial charge in [0.1, 0.15) is 17.2 Å². The highest BCUT2D eigenvalue weighted by Crippen LogP contribution is 2.28. The highest BCUT2D eigenvalue weighted by Gasteiger charge is 2.26. The third kappa shape index (κ3) is 3.52. The Morgan fingerprint density at radius 3 is 2.54 bits per heavy atom. The van der Waals surface area contributed by atoms with Gasteiger partial charge in [-0.05, 0) is 37.0 Å². The van der Waals surface area contributed by atoms with Gasteiger partial charge in [-0.15, -0.1) is 0 Å². The van der Waals surface area contributed by atoms with E-state index in [4.69, 9.17) is 8.83 Å². The minimum Gasteiger partial charge on any atom is -0.480 e. The van der Waals surface area contributed by atoms with Crippen molar-refractivity contribution in [3.63, 3.8) is 0 Å². The average molecular weight is 385 g/mol. The van der Waals surface area contributed by atoms with E-state index in [-0.39, 0.29) is 17.9 Å². The Balaban J connectivity index is 1.97. The number of hydrogen-bond donors (Lipinski definition) is 2. The Morgan fingerprint density at radius 2 is 1.89 bits per heavy atom. The van der Waals surface area contributed by atoms with Crippen LogP contribution in [0.4, 0.5) is 0 Å². The van der Waals surface area contributed by atoms with E-state index in [0.717, 1.165) is 16.3 Å². The van der Waals surface area contributed by atoms with Crippen LogP contribution >= 0.6 is 0 Å². The fourth-order valence-electron chi connectivity index (χ4n) is 3.31. The van der Waals surface area contributed by atoms with Crippen molar-refractivity contribution in [2.45, 2.75) is 46.6 Å². The van der Waals surface area contributed by atoms with Gasteiger partial charge in [0.05, 0.1) is 18.2 Å². The van der Waals surface area contributed by atoms with Crippen LogP contribution in [0.3, 0.4) is 0 Å². The maximum atomic E-state index is 12.4. The number of benzene rings is 1. The first-order chi connectivity index (χ1) is 13.2. The lowest BCUT2D eigenvalue weighted by molar-refractivity contribution is -0.143. The molecular formula is C21H23NO6. The summed E-state index contributed by atoms with van der Waals surface area (Å²) in [5.74, 6) is -1.85. The SMILES string of the molecule is CC[C@@H](C)[C@H](NC(=O)Cc1c(C)c2cc3c(C)coc3cc2oc1=O)C(=O)O. The molecule has 0 fully saturated rings. The number of hydrogen-bond acceptors (Lipinski definition) is 5. The topological polar surface area (TPSA) is 110 Å². The van der Waals surface area contributed by atoms with Crippen molar-refractivity contribution in [1.82, 2.24) is 5.32 Å². The smallest absolute Gasteiger partial charge is 0.340 e. The summed E-state index contributed by atoms with van der Waals surface area (Å²) in [5, 5.41) is 13.5. The van der Waals surface area contributed by atoms with Crippen molar-refractivity contribution in [2.75, 3.05) is 0 Å². The molecule has 2 N–H and O–H groups in total. The van der Waals surface area contributed by atoms with E-state index in [9.17, 15) is 19.5 Å². The monoisotopic (exact) mass is 385 g/mol. The Labute approximate surface area is 161 Å². The lowest BCUT2D eigenvalue weighted by Crippen LogP contribution is -2.45. The molecule has 2 aromatic heterocycles. The predicted octanol–water partition coefficient (Wildman–Crippen LogP) is 3.31. The highest BCUT2D eigenvalue weighted by atomic mass is 16.4. The highest BCUT2D eigenvalue weighted by molar-refractivity contribution is 5.96. The van der Waals surface area contributed by atoms with Gasteiger partial charge in [0.15, 0.2) is 0 Å². The molecular weight excluding hydrogens is 362 g/mol. The van der Waals surface area contributed by atoms with Gasteiger partial charge in [-0.25, -0.2) is 9.59 Å². The average Bonchev–Trinajstić information content (AvgIpc) is 3.01. The lowest BCUT2D eigenvalue weighted by Gasteiger charge is -2.20. The zero-order valence-electron chi connectivity index (χ0n) is 16.3. The number of carboxylic acids is 1. The molecule has 0 spiro atoms. The molecule has 28 heavy (non-hydrogen) atoms. The summed E-state index contributed by atoms with van der Waals surface area (Å²) >= 11 is 0. The minimum absolute atomic E-state index is 0.221. The van der Waals surface area contributed by atoms with Crippen molar-refractivity contribution >= 4 is 33.8 Å². The molecule has 148 valence electrons. The molecule has 3 rings (SSSR count). The largest absolute Gasteiger partial charge is 0.480 e. The second-order valence-electron chi connectivity index (χ2n) is 7.20. The number of nitrogens with one attached hydrogen (secondary N) is 1. The van der Waals surface area contributed by atoms with Crippen LogP contribution in [0, 0.1) is 19.8 Å². The van der Waals surface area contributed by atoms with Gasteiger partial charge in [0.2, 0.25) is 5.91 Å². The van der Waals surface area contributed by atoms with Gasteiger partial charge in [-0.2, -0.15) is 0 Å². The quantitative estimate of drug-likeness (QED) is 0.630. The molecule has 2 heterocycles. The molecule has 1 aromatic carbocycles. The molecule has 0 bridgehead atoms. The summed E-state index contributed by atoms with van der Waals surface area (Å²) in [7, 11) is 0. The molecule has 0 radical (unpaired) electrons. The van der Waals surface area contributed by atoms with E-state index in [1.807, 2.05) is 19.9 Å². The van der Waals surface area contributed by atoms with Crippen LogP contribution in [0.15, 0.2) is 32.0 Å². The first kappa shape index (κ1) is 19.7. The number of carboxylic acid groups (broad SMARTS) is 1. The normalized spacial score (nSPS) is 13.6. The van der Waals surface area contributed by atoms with E-state index in [2.05, 4.69) is 5.32 Å². The van der Waals surface area contributed by atoms with E-state index in [1.54, 1.807) is 26.2 Å². The van der Waals surface area contributed by atoms with Crippen LogP contribution < -0.4 is 10.9 Å². The van der Waals surface area contributed by atoms with Crippen molar-refractivity contribution in [3.05, 3.63) is 45.5 Å². The molecule has 0 saturated carbocycles. The summed E-state index contributed by atoms with van der Waals surface area (Å²) in [4.78, 5) is 36.3. The minimum atomic E-state index is -1.09. The summed E-state index contributed by atoms with van der Waals surface area (Å²) in [6.07, 6.45) is 1.99. The number of carbonyl (C=O) groups excluding carboxylic acids is 1. The third-order valence-corrected chi connectivity index (χ3v) is 5.31. The number of furan rings is 1. The Morgan fingerprint density at radius 1 is 1.18 bits per heavy atom. The predicted molar refractivity (Wildman–Crippen MR) is 104 cm³/mol. The van der Waals surface area contributed by atoms with Gasteiger partial charge >= 0.3 is 11.6 Å². The maximum absolute atomic E-state index is 12.4. The number of aliphatic carboxylic acids is 1. The molecule has 2 atom stereocenters. The number of aryl methyl sites for hydroxylation is 2. The van der Waals surface area contributed by atoms with Crippen LogP contribution in [0.2, 0.25) is 0 Å². The van der Waals surface area contributed by atoms with Crippen molar-refractivity contribution in [1.29, 1.82) is 0 Å². The molecule has 1 amide bonds. The summed E-state index contributed by atoms with van der Waals surface area (Å²) in [6, 6.07) is 2.54. The number of rotatable bonds is 6.